The molecule has 2 heterocycles. The highest BCUT2D eigenvalue weighted by Gasteiger charge is 2.41. The predicted octanol–water partition coefficient (Wildman–Crippen LogP) is 3.91. The van der Waals surface area contributed by atoms with Crippen LogP contribution in [0.25, 0.3) is 0 Å². The first kappa shape index (κ1) is 26.1. The van der Waals surface area contributed by atoms with Gasteiger partial charge >= 0.3 is 5.97 Å². The number of thioether (sulfide) groups is 1. The number of aryl methyl sites for hydroxylation is 2. The van der Waals surface area contributed by atoms with Crippen molar-refractivity contribution in [3.8, 4) is 11.8 Å². The van der Waals surface area contributed by atoms with Gasteiger partial charge in [-0.05, 0) is 67.3 Å². The molecule has 2 aliphatic rings. The number of Topliss-reactive ketones (excluding diaryl/α,β-unsaturated/α-hetero) is 1. The van der Waals surface area contributed by atoms with Crippen LogP contribution in [0.4, 0.5) is 5.69 Å². The number of aromatic nitrogens is 1. The summed E-state index contributed by atoms with van der Waals surface area (Å²) in [7, 11) is 1.49. The number of carbonyl (C=O) groups excluding carboxylic acids is 4. The summed E-state index contributed by atoms with van der Waals surface area (Å²) in [4.78, 5) is 56.5. The molecule has 1 aliphatic heterocycles. The summed E-state index contributed by atoms with van der Waals surface area (Å²) < 4.78 is 10.3. The Morgan fingerprint density at radius 1 is 1.10 bits per heavy atom. The molecule has 9 nitrogen and oxygen atoms in total. The Kier molecular flexibility index (Phi) is 7.43. The van der Waals surface area contributed by atoms with Gasteiger partial charge in [0.1, 0.15) is 16.8 Å². The Labute approximate surface area is 228 Å². The van der Waals surface area contributed by atoms with Gasteiger partial charge < -0.3 is 9.47 Å². The minimum atomic E-state index is -0.711. The maximum atomic E-state index is 13.2. The molecule has 196 valence electrons. The molecule has 1 saturated heterocycles. The topological polar surface area (TPSA) is 127 Å². The largest absolute Gasteiger partial charge is 0.497 e. The fourth-order valence-corrected chi connectivity index (χ4v) is 5.66. The van der Waals surface area contributed by atoms with Gasteiger partial charge in [0.05, 0.1) is 29.2 Å². The van der Waals surface area contributed by atoms with Gasteiger partial charge in [-0.3, -0.25) is 14.4 Å². The van der Waals surface area contributed by atoms with E-state index in [0.29, 0.717) is 27.6 Å². The van der Waals surface area contributed by atoms with E-state index in [-0.39, 0.29) is 23.7 Å². The van der Waals surface area contributed by atoms with Gasteiger partial charge in [-0.1, -0.05) is 23.9 Å². The second kappa shape index (κ2) is 11.1. The molecule has 0 bridgehead atoms. The van der Waals surface area contributed by atoms with E-state index >= 15 is 0 Å². The average Bonchev–Trinajstić information content (AvgIpc) is 3.53. The molecule has 2 aromatic carbocycles. The fraction of sp³-hybridized carbons (Fsp3) is 0.241. The quantitative estimate of drug-likeness (QED) is 0.237. The number of nitrogens with zero attached hydrogens (tertiary/aromatic N) is 3. The zero-order valence-corrected chi connectivity index (χ0v) is 21.8. The van der Waals surface area contributed by atoms with Crippen molar-refractivity contribution in [3.63, 3.8) is 0 Å². The highest BCUT2D eigenvalue weighted by Crippen LogP contribution is 2.36. The molecule has 1 aliphatic carbocycles. The summed E-state index contributed by atoms with van der Waals surface area (Å²) >= 11 is 1.14. The molecular formula is C29H23N3O6S. The monoisotopic (exact) mass is 541 g/mol. The molecule has 1 fully saturated rings. The number of carbonyl (C=O) groups is 4. The second-order valence-corrected chi connectivity index (χ2v) is 10.3. The Balaban J connectivity index is 1.23. The standard InChI is InChI=1S/C29H23N3O6S/c1-37-22-6-2-5-19(13-22)24(33)16-38-29(36)17-8-10-21(11-9-17)32-26(34)14-25(28(32)35)39-27-20(15-30)12-18-4-3-7-23(18)31-27/h2,5-6,8-13,25H,3-4,7,14,16H2,1H3. The van der Waals surface area contributed by atoms with Gasteiger partial charge in [-0.25, -0.2) is 14.7 Å². The first-order valence-corrected chi connectivity index (χ1v) is 13.2. The molecule has 0 saturated carbocycles. The third-order valence-electron chi connectivity index (χ3n) is 6.58. The molecule has 0 N–H and O–H groups in total. The SMILES string of the molecule is COc1cccc(C(=O)COC(=O)c2ccc(N3C(=O)CC(Sc4nc5c(cc4C#N)CCC5)C3=O)cc2)c1. The van der Waals surface area contributed by atoms with Gasteiger partial charge in [0.25, 0.3) is 0 Å². The molecule has 2 amide bonds. The lowest BCUT2D eigenvalue weighted by Crippen LogP contribution is -2.31. The van der Waals surface area contributed by atoms with Crippen molar-refractivity contribution >= 4 is 41.0 Å². The molecule has 3 aromatic rings. The van der Waals surface area contributed by atoms with Crippen molar-refractivity contribution in [1.29, 1.82) is 5.26 Å². The molecule has 1 unspecified atom stereocenters. The van der Waals surface area contributed by atoms with Crippen LogP contribution in [0.2, 0.25) is 0 Å². The number of nitriles is 1. The van der Waals surface area contributed by atoms with Crippen molar-refractivity contribution in [3.05, 3.63) is 82.5 Å². The summed E-state index contributed by atoms with van der Waals surface area (Å²) in [6, 6.07) is 16.4. The third kappa shape index (κ3) is 5.40. The van der Waals surface area contributed by atoms with Crippen LogP contribution in [0, 0.1) is 11.3 Å². The number of imide groups is 1. The number of esters is 1. The summed E-state index contributed by atoms with van der Waals surface area (Å²) in [6.45, 7) is -0.447. The zero-order chi connectivity index (χ0) is 27.5. The minimum Gasteiger partial charge on any atom is -0.497 e. The zero-order valence-electron chi connectivity index (χ0n) is 21.0. The lowest BCUT2D eigenvalue weighted by atomic mass is 10.1. The molecule has 0 radical (unpaired) electrons. The van der Waals surface area contributed by atoms with Crippen LogP contribution in [0.5, 0.6) is 5.75 Å². The number of pyridine rings is 1. The van der Waals surface area contributed by atoms with Gasteiger partial charge in [0, 0.05) is 17.7 Å². The number of hydrogen-bond acceptors (Lipinski definition) is 9. The normalized spacial score (nSPS) is 16.1. The van der Waals surface area contributed by atoms with Crippen molar-refractivity contribution in [2.45, 2.75) is 36.0 Å². The van der Waals surface area contributed by atoms with Crippen LogP contribution in [0.1, 0.15) is 50.4 Å². The number of ketones is 1. The van der Waals surface area contributed by atoms with Crippen molar-refractivity contribution in [1.82, 2.24) is 4.98 Å². The van der Waals surface area contributed by atoms with Crippen LogP contribution < -0.4 is 9.64 Å². The number of methoxy groups -OCH3 is 1. The third-order valence-corrected chi connectivity index (χ3v) is 7.77. The van der Waals surface area contributed by atoms with E-state index in [1.54, 1.807) is 24.3 Å². The smallest absolute Gasteiger partial charge is 0.338 e. The van der Waals surface area contributed by atoms with Crippen molar-refractivity contribution in [2.75, 3.05) is 18.6 Å². The summed E-state index contributed by atoms with van der Waals surface area (Å²) in [5, 5.41) is 9.32. The molecular weight excluding hydrogens is 518 g/mol. The van der Waals surface area contributed by atoms with Crippen LogP contribution in [0.15, 0.2) is 59.6 Å². The number of ether oxygens (including phenoxy) is 2. The Hall–Kier alpha value is -4.49. The van der Waals surface area contributed by atoms with Crippen LogP contribution in [0.3, 0.4) is 0 Å². The minimum absolute atomic E-state index is 0.0245. The lowest BCUT2D eigenvalue weighted by Gasteiger charge is -2.15. The molecule has 0 spiro atoms. The van der Waals surface area contributed by atoms with Crippen molar-refractivity contribution < 1.29 is 28.7 Å². The second-order valence-electron chi connectivity index (χ2n) is 9.07. The number of rotatable bonds is 8. The first-order chi connectivity index (χ1) is 18.9. The summed E-state index contributed by atoms with van der Waals surface area (Å²) in [5.41, 5.74) is 3.26. The molecule has 5 rings (SSSR count). The maximum absolute atomic E-state index is 13.2. The van der Waals surface area contributed by atoms with E-state index in [0.717, 1.165) is 47.2 Å². The average molecular weight is 542 g/mol. The van der Waals surface area contributed by atoms with Crippen LogP contribution >= 0.6 is 11.8 Å². The van der Waals surface area contributed by atoms with E-state index in [1.165, 1.54) is 31.4 Å². The Morgan fingerprint density at radius 3 is 2.64 bits per heavy atom. The van der Waals surface area contributed by atoms with E-state index in [2.05, 4.69) is 11.1 Å². The number of hydrogen-bond donors (Lipinski definition) is 0. The Bertz CT molecular complexity index is 1530. The fourth-order valence-electron chi connectivity index (χ4n) is 4.57. The van der Waals surface area contributed by atoms with E-state index in [9.17, 15) is 24.4 Å². The molecule has 39 heavy (non-hydrogen) atoms. The highest BCUT2D eigenvalue weighted by atomic mass is 32.2. The van der Waals surface area contributed by atoms with Crippen LogP contribution in [-0.2, 0) is 27.2 Å². The van der Waals surface area contributed by atoms with Gasteiger partial charge in [0.15, 0.2) is 12.4 Å². The number of benzene rings is 2. The summed E-state index contributed by atoms with van der Waals surface area (Å²) in [6.07, 6.45) is 2.68. The van der Waals surface area contributed by atoms with Gasteiger partial charge in [-0.2, -0.15) is 5.26 Å². The Morgan fingerprint density at radius 2 is 1.90 bits per heavy atom. The molecule has 1 aromatic heterocycles. The molecule has 10 heteroatoms. The van der Waals surface area contributed by atoms with Gasteiger partial charge in [0.2, 0.25) is 11.8 Å². The number of fused-ring (bicyclic) bond motifs is 1. The number of amides is 2. The van der Waals surface area contributed by atoms with Crippen LogP contribution in [-0.4, -0.2) is 47.5 Å². The lowest BCUT2D eigenvalue weighted by molar-refractivity contribution is -0.121. The van der Waals surface area contributed by atoms with Gasteiger partial charge in [-0.15, -0.1) is 0 Å². The first-order valence-electron chi connectivity index (χ1n) is 12.3. The van der Waals surface area contributed by atoms with E-state index < -0.39 is 23.7 Å². The molecule has 1 atom stereocenters. The predicted molar refractivity (Wildman–Crippen MR) is 142 cm³/mol. The summed E-state index contributed by atoms with van der Waals surface area (Å²) in [5.74, 6) is -1.36. The maximum Gasteiger partial charge on any atom is 0.338 e. The highest BCUT2D eigenvalue weighted by molar-refractivity contribution is 8.00. The van der Waals surface area contributed by atoms with E-state index in [1.807, 2.05) is 6.07 Å². The number of anilines is 1. The van der Waals surface area contributed by atoms with E-state index in [4.69, 9.17) is 9.47 Å². The van der Waals surface area contributed by atoms with Crippen molar-refractivity contribution in [2.24, 2.45) is 0 Å².